The smallest absolute Gasteiger partial charge is 0.335 e. The predicted octanol–water partition coefficient (Wildman–Crippen LogP) is 4.70. The van der Waals surface area contributed by atoms with Crippen molar-refractivity contribution in [2.75, 3.05) is 0 Å². The minimum Gasteiger partial charge on any atom is -0.478 e. The van der Waals surface area contributed by atoms with Crippen LogP contribution in [-0.2, 0) is 6.54 Å². The van der Waals surface area contributed by atoms with Gasteiger partial charge < -0.3 is 9.67 Å². The van der Waals surface area contributed by atoms with E-state index >= 15 is 0 Å². The third-order valence-corrected chi connectivity index (χ3v) is 3.71. The molecule has 0 fully saturated rings. The molecule has 20 heavy (non-hydrogen) atoms. The number of aromatic carboxylic acids is 1. The average Bonchev–Trinajstić information content (AvgIpc) is 2.84. The Balaban J connectivity index is 1.89. The van der Waals surface area contributed by atoms with Crippen molar-refractivity contribution < 1.29 is 9.90 Å². The van der Waals surface area contributed by atoms with Crippen molar-refractivity contribution in [2.24, 2.45) is 0 Å². The zero-order valence-electron chi connectivity index (χ0n) is 12.1. The van der Waals surface area contributed by atoms with Gasteiger partial charge >= 0.3 is 5.97 Å². The summed E-state index contributed by atoms with van der Waals surface area (Å²) in [4.78, 5) is 10.9. The molecule has 0 aliphatic heterocycles. The molecule has 2 aromatic rings. The highest BCUT2D eigenvalue weighted by Gasteiger charge is 2.05. The number of hydrogen-bond donors (Lipinski definition) is 1. The van der Waals surface area contributed by atoms with E-state index < -0.39 is 5.97 Å². The maximum atomic E-state index is 10.9. The molecule has 0 aliphatic carbocycles. The molecular formula is C17H23NO2. The Morgan fingerprint density at radius 2 is 1.75 bits per heavy atom. The van der Waals surface area contributed by atoms with Gasteiger partial charge in [-0.1, -0.05) is 45.1 Å². The standard InChI is InChI=1S/C17H23NO2/c1-2-3-4-5-6-7-10-18-12-15-9-8-14(17(19)20)11-16(15)13-18/h8-9,11-13H,2-7,10H2,1H3,(H,19,20). The van der Waals surface area contributed by atoms with Crippen molar-refractivity contribution in [3.63, 3.8) is 0 Å². The summed E-state index contributed by atoms with van der Waals surface area (Å²) in [6.45, 7) is 3.25. The summed E-state index contributed by atoms with van der Waals surface area (Å²) >= 11 is 0. The number of fused-ring (bicyclic) bond motifs is 1. The number of carboxylic acid groups (broad SMARTS) is 1. The summed E-state index contributed by atoms with van der Waals surface area (Å²) in [6.07, 6.45) is 11.9. The molecule has 0 aliphatic rings. The van der Waals surface area contributed by atoms with Crippen molar-refractivity contribution in [2.45, 2.75) is 52.0 Å². The normalized spacial score (nSPS) is 11.1. The topological polar surface area (TPSA) is 42.2 Å². The molecule has 0 radical (unpaired) electrons. The summed E-state index contributed by atoms with van der Waals surface area (Å²) in [7, 11) is 0. The number of carbonyl (C=O) groups is 1. The first-order valence-corrected chi connectivity index (χ1v) is 7.53. The number of hydrogen-bond acceptors (Lipinski definition) is 1. The SMILES string of the molecule is CCCCCCCCn1cc2ccc(C(=O)O)cc2c1. The first-order valence-electron chi connectivity index (χ1n) is 7.53. The van der Waals surface area contributed by atoms with E-state index in [0.717, 1.165) is 17.3 Å². The Morgan fingerprint density at radius 1 is 1.05 bits per heavy atom. The third kappa shape index (κ3) is 3.86. The number of unbranched alkanes of at least 4 members (excludes halogenated alkanes) is 5. The lowest BCUT2D eigenvalue weighted by Gasteiger charge is -2.02. The molecule has 0 bridgehead atoms. The molecule has 1 N–H and O–H groups in total. The van der Waals surface area contributed by atoms with Crippen LogP contribution in [0.4, 0.5) is 0 Å². The van der Waals surface area contributed by atoms with E-state index in [9.17, 15) is 4.79 Å². The quantitative estimate of drug-likeness (QED) is 0.708. The van der Waals surface area contributed by atoms with Gasteiger partial charge in [0, 0.05) is 24.3 Å². The molecule has 0 amide bonds. The summed E-state index contributed by atoms with van der Waals surface area (Å²) in [5.74, 6) is -0.865. The molecule has 3 nitrogen and oxygen atoms in total. The summed E-state index contributed by atoms with van der Waals surface area (Å²) in [5, 5.41) is 11.1. The van der Waals surface area contributed by atoms with Crippen LogP contribution in [0.1, 0.15) is 55.8 Å². The van der Waals surface area contributed by atoms with Crippen LogP contribution in [-0.4, -0.2) is 15.6 Å². The maximum absolute atomic E-state index is 10.9. The lowest BCUT2D eigenvalue weighted by atomic mass is 10.1. The van der Waals surface area contributed by atoms with E-state index in [-0.39, 0.29) is 0 Å². The van der Waals surface area contributed by atoms with E-state index in [4.69, 9.17) is 5.11 Å². The number of aromatic nitrogens is 1. The summed E-state index contributed by atoms with van der Waals surface area (Å²) in [5.41, 5.74) is 0.356. The van der Waals surface area contributed by atoms with Gasteiger partial charge in [-0.05, 0) is 23.9 Å². The van der Waals surface area contributed by atoms with Crippen LogP contribution >= 0.6 is 0 Å². The van der Waals surface area contributed by atoms with Crippen LogP contribution in [0, 0.1) is 0 Å². The zero-order valence-corrected chi connectivity index (χ0v) is 12.1. The Bertz CT molecular complexity index is 571. The van der Waals surface area contributed by atoms with Crippen molar-refractivity contribution >= 4 is 16.7 Å². The second kappa shape index (κ2) is 7.13. The molecule has 0 spiro atoms. The van der Waals surface area contributed by atoms with Crippen LogP contribution < -0.4 is 0 Å². The Labute approximate surface area is 120 Å². The lowest BCUT2D eigenvalue weighted by molar-refractivity contribution is 0.0697. The van der Waals surface area contributed by atoms with Crippen LogP contribution in [0.25, 0.3) is 10.8 Å². The minimum atomic E-state index is -0.865. The average molecular weight is 273 g/mol. The van der Waals surface area contributed by atoms with Gasteiger partial charge in [-0.3, -0.25) is 0 Å². The molecular weight excluding hydrogens is 250 g/mol. The minimum absolute atomic E-state index is 0.356. The second-order valence-electron chi connectivity index (χ2n) is 5.41. The molecule has 108 valence electrons. The van der Waals surface area contributed by atoms with Crippen molar-refractivity contribution in [1.82, 2.24) is 4.57 Å². The maximum Gasteiger partial charge on any atom is 0.335 e. The van der Waals surface area contributed by atoms with Crippen molar-refractivity contribution in [3.8, 4) is 0 Å². The number of aryl methyl sites for hydroxylation is 1. The molecule has 0 atom stereocenters. The van der Waals surface area contributed by atoms with Gasteiger partial charge in [0.25, 0.3) is 0 Å². The molecule has 3 heteroatoms. The lowest BCUT2D eigenvalue weighted by Crippen LogP contribution is -1.94. The largest absolute Gasteiger partial charge is 0.478 e. The fourth-order valence-electron chi connectivity index (χ4n) is 2.54. The van der Waals surface area contributed by atoms with Crippen LogP contribution in [0.5, 0.6) is 0 Å². The van der Waals surface area contributed by atoms with Crippen molar-refractivity contribution in [1.29, 1.82) is 0 Å². The molecule has 0 unspecified atom stereocenters. The van der Waals surface area contributed by atoms with E-state index in [0.29, 0.717) is 5.56 Å². The first kappa shape index (κ1) is 14.6. The Hall–Kier alpha value is -1.77. The molecule has 1 heterocycles. The predicted molar refractivity (Wildman–Crippen MR) is 82.3 cm³/mol. The van der Waals surface area contributed by atoms with Gasteiger partial charge in [0.05, 0.1) is 5.56 Å². The fraction of sp³-hybridized carbons (Fsp3) is 0.471. The molecule has 2 rings (SSSR count). The van der Waals surface area contributed by atoms with Gasteiger partial charge in [0.1, 0.15) is 0 Å². The Morgan fingerprint density at radius 3 is 2.50 bits per heavy atom. The zero-order chi connectivity index (χ0) is 14.4. The van der Waals surface area contributed by atoms with Crippen LogP contribution in [0.15, 0.2) is 30.6 Å². The first-order chi connectivity index (χ1) is 9.70. The van der Waals surface area contributed by atoms with Crippen LogP contribution in [0.3, 0.4) is 0 Å². The monoisotopic (exact) mass is 273 g/mol. The van der Waals surface area contributed by atoms with Gasteiger partial charge in [0.15, 0.2) is 0 Å². The fourth-order valence-corrected chi connectivity index (χ4v) is 2.54. The molecule has 1 aromatic carbocycles. The number of rotatable bonds is 8. The van der Waals surface area contributed by atoms with E-state index in [1.807, 2.05) is 12.3 Å². The number of benzene rings is 1. The molecule has 0 saturated heterocycles. The van der Waals surface area contributed by atoms with Gasteiger partial charge in [0.2, 0.25) is 0 Å². The number of nitrogens with zero attached hydrogens (tertiary/aromatic N) is 1. The highest BCUT2D eigenvalue weighted by molar-refractivity contribution is 5.94. The molecule has 0 saturated carbocycles. The number of carboxylic acids is 1. The van der Waals surface area contributed by atoms with Crippen LogP contribution in [0.2, 0.25) is 0 Å². The van der Waals surface area contributed by atoms with Gasteiger partial charge in [-0.25, -0.2) is 4.79 Å². The van der Waals surface area contributed by atoms with Gasteiger partial charge in [-0.2, -0.15) is 0 Å². The van der Waals surface area contributed by atoms with Gasteiger partial charge in [-0.15, -0.1) is 0 Å². The Kier molecular flexibility index (Phi) is 5.22. The summed E-state index contributed by atoms with van der Waals surface area (Å²) < 4.78 is 2.18. The summed E-state index contributed by atoms with van der Waals surface area (Å²) in [6, 6.07) is 5.30. The van der Waals surface area contributed by atoms with E-state index in [2.05, 4.69) is 17.7 Å². The highest BCUT2D eigenvalue weighted by atomic mass is 16.4. The highest BCUT2D eigenvalue weighted by Crippen LogP contribution is 2.18. The molecule has 1 aromatic heterocycles. The van der Waals surface area contributed by atoms with E-state index in [1.54, 1.807) is 12.1 Å². The second-order valence-corrected chi connectivity index (χ2v) is 5.41. The van der Waals surface area contributed by atoms with Crippen molar-refractivity contribution in [3.05, 3.63) is 36.2 Å². The third-order valence-electron chi connectivity index (χ3n) is 3.71. The van der Waals surface area contributed by atoms with E-state index in [1.165, 1.54) is 38.5 Å².